The van der Waals surface area contributed by atoms with Crippen LogP contribution in [0, 0.1) is 0 Å². The Balaban J connectivity index is 1.62. The molecular weight excluding hydrogens is 346 g/mol. The van der Waals surface area contributed by atoms with Gasteiger partial charge in [-0.25, -0.2) is 0 Å². The van der Waals surface area contributed by atoms with Crippen LogP contribution in [0.5, 0.6) is 0 Å². The molecule has 1 N–H and O–H groups in total. The fourth-order valence-electron chi connectivity index (χ4n) is 2.43. The second-order valence-electron chi connectivity index (χ2n) is 5.69. The third-order valence-corrected chi connectivity index (χ3v) is 4.08. The minimum absolute atomic E-state index is 0.219. The van der Waals surface area contributed by atoms with Gasteiger partial charge in [0.2, 0.25) is 5.91 Å². The number of hydrogen-bond acceptors (Lipinski definition) is 2. The molecule has 0 atom stereocenters. The van der Waals surface area contributed by atoms with Gasteiger partial charge < -0.3 is 5.32 Å². The maximum Gasteiger partial charge on any atom is 0.248 e. The summed E-state index contributed by atoms with van der Waals surface area (Å²) < 4.78 is 0. The van der Waals surface area contributed by atoms with Crippen LogP contribution in [0.2, 0.25) is 5.02 Å². The van der Waals surface area contributed by atoms with Crippen LogP contribution >= 0.6 is 11.6 Å². The average molecular weight is 362 g/mol. The molecule has 0 unspecified atom stereocenters. The van der Waals surface area contributed by atoms with Gasteiger partial charge in [-0.1, -0.05) is 60.1 Å². The van der Waals surface area contributed by atoms with Crippen molar-refractivity contribution in [1.29, 1.82) is 0 Å². The molecule has 3 nitrogen and oxygen atoms in total. The standard InChI is InChI=1S/C22H16ClNO2/c23-20-10-6-18(7-11-20)19-8-12-21(13-9-19)24-22(26)14-5-16-1-3-17(15-25)4-2-16/h1-15H,(H,24,26). The summed E-state index contributed by atoms with van der Waals surface area (Å²) in [5, 5.41) is 3.52. The number of aldehydes is 1. The first-order valence-corrected chi connectivity index (χ1v) is 8.42. The highest BCUT2D eigenvalue weighted by Crippen LogP contribution is 2.23. The van der Waals surface area contributed by atoms with Crippen LogP contribution in [0.3, 0.4) is 0 Å². The summed E-state index contributed by atoms with van der Waals surface area (Å²) in [6.07, 6.45) is 3.95. The maximum absolute atomic E-state index is 12.0. The Kier molecular flexibility index (Phi) is 5.62. The minimum Gasteiger partial charge on any atom is -0.323 e. The van der Waals surface area contributed by atoms with E-state index in [0.29, 0.717) is 16.3 Å². The molecule has 0 bridgehead atoms. The normalized spacial score (nSPS) is 10.7. The molecule has 0 saturated heterocycles. The number of halogens is 1. The van der Waals surface area contributed by atoms with Crippen molar-refractivity contribution >= 4 is 35.6 Å². The summed E-state index contributed by atoms with van der Waals surface area (Å²) in [5.74, 6) is -0.219. The van der Waals surface area contributed by atoms with Crippen molar-refractivity contribution in [2.24, 2.45) is 0 Å². The van der Waals surface area contributed by atoms with Crippen LogP contribution in [0.1, 0.15) is 15.9 Å². The van der Waals surface area contributed by atoms with Crippen LogP contribution in [0.4, 0.5) is 5.69 Å². The molecule has 0 aromatic heterocycles. The number of nitrogens with one attached hydrogen (secondary N) is 1. The van der Waals surface area contributed by atoms with Gasteiger partial charge in [-0.2, -0.15) is 0 Å². The Morgan fingerprint density at radius 2 is 1.31 bits per heavy atom. The topological polar surface area (TPSA) is 46.2 Å². The zero-order valence-corrected chi connectivity index (χ0v) is 14.6. The van der Waals surface area contributed by atoms with Gasteiger partial charge >= 0.3 is 0 Å². The number of amides is 1. The predicted molar refractivity (Wildman–Crippen MR) is 106 cm³/mol. The summed E-state index contributed by atoms with van der Waals surface area (Å²) in [6.45, 7) is 0. The van der Waals surface area contributed by atoms with Crippen molar-refractivity contribution in [3.63, 3.8) is 0 Å². The Hall–Kier alpha value is -3.17. The van der Waals surface area contributed by atoms with E-state index in [1.807, 2.05) is 48.5 Å². The highest BCUT2D eigenvalue weighted by molar-refractivity contribution is 6.30. The number of carbonyl (C=O) groups excluding carboxylic acids is 2. The lowest BCUT2D eigenvalue weighted by atomic mass is 10.1. The van der Waals surface area contributed by atoms with Gasteiger partial charge in [0.25, 0.3) is 0 Å². The third-order valence-electron chi connectivity index (χ3n) is 3.83. The zero-order valence-electron chi connectivity index (χ0n) is 13.9. The van der Waals surface area contributed by atoms with Crippen LogP contribution in [0.25, 0.3) is 17.2 Å². The summed E-state index contributed by atoms with van der Waals surface area (Å²) in [7, 11) is 0. The summed E-state index contributed by atoms with van der Waals surface area (Å²) in [6, 6.07) is 22.2. The molecule has 26 heavy (non-hydrogen) atoms. The first kappa shape index (κ1) is 17.6. The van der Waals surface area contributed by atoms with Gasteiger partial charge in [0.1, 0.15) is 6.29 Å². The van der Waals surface area contributed by atoms with Crippen LogP contribution < -0.4 is 5.32 Å². The average Bonchev–Trinajstić information content (AvgIpc) is 2.68. The molecular formula is C22H16ClNO2. The SMILES string of the molecule is O=Cc1ccc(C=CC(=O)Nc2ccc(-c3ccc(Cl)cc3)cc2)cc1. The second kappa shape index (κ2) is 8.28. The van der Waals surface area contributed by atoms with E-state index in [1.54, 1.807) is 30.3 Å². The molecule has 4 heteroatoms. The van der Waals surface area contributed by atoms with Crippen LogP contribution in [-0.4, -0.2) is 12.2 Å². The van der Waals surface area contributed by atoms with E-state index in [-0.39, 0.29) is 5.91 Å². The number of benzene rings is 3. The number of anilines is 1. The van der Waals surface area contributed by atoms with Crippen molar-refractivity contribution in [2.45, 2.75) is 0 Å². The molecule has 128 valence electrons. The highest BCUT2D eigenvalue weighted by Gasteiger charge is 2.01. The quantitative estimate of drug-likeness (QED) is 0.483. The molecule has 0 aliphatic heterocycles. The zero-order chi connectivity index (χ0) is 18.4. The van der Waals surface area contributed by atoms with E-state index in [9.17, 15) is 9.59 Å². The van der Waals surface area contributed by atoms with E-state index in [0.717, 1.165) is 23.0 Å². The molecule has 3 rings (SSSR count). The number of hydrogen-bond donors (Lipinski definition) is 1. The predicted octanol–water partition coefficient (Wildman–Crippen LogP) is 5.47. The van der Waals surface area contributed by atoms with E-state index < -0.39 is 0 Å². The third kappa shape index (κ3) is 4.68. The van der Waals surface area contributed by atoms with E-state index >= 15 is 0 Å². The maximum atomic E-state index is 12.0. The minimum atomic E-state index is -0.219. The molecule has 0 spiro atoms. The number of carbonyl (C=O) groups is 2. The summed E-state index contributed by atoms with van der Waals surface area (Å²) in [5.41, 5.74) is 4.28. The van der Waals surface area contributed by atoms with Crippen molar-refractivity contribution < 1.29 is 9.59 Å². The van der Waals surface area contributed by atoms with Crippen LogP contribution in [-0.2, 0) is 4.79 Å². The fraction of sp³-hybridized carbons (Fsp3) is 0. The van der Waals surface area contributed by atoms with Gasteiger partial charge in [-0.3, -0.25) is 9.59 Å². The molecule has 0 fully saturated rings. The lowest BCUT2D eigenvalue weighted by Crippen LogP contribution is -2.07. The Morgan fingerprint density at radius 3 is 1.88 bits per heavy atom. The summed E-state index contributed by atoms with van der Waals surface area (Å²) >= 11 is 5.90. The highest BCUT2D eigenvalue weighted by atomic mass is 35.5. The molecule has 3 aromatic carbocycles. The Bertz CT molecular complexity index is 927. The first-order valence-electron chi connectivity index (χ1n) is 8.04. The second-order valence-corrected chi connectivity index (χ2v) is 6.13. The molecule has 0 aliphatic rings. The van der Waals surface area contributed by atoms with E-state index in [2.05, 4.69) is 5.32 Å². The van der Waals surface area contributed by atoms with Crippen LogP contribution in [0.15, 0.2) is 78.9 Å². The first-order chi connectivity index (χ1) is 12.6. The lowest BCUT2D eigenvalue weighted by molar-refractivity contribution is -0.111. The van der Waals surface area contributed by atoms with Crippen molar-refractivity contribution in [3.8, 4) is 11.1 Å². The molecule has 1 amide bonds. The fourth-order valence-corrected chi connectivity index (χ4v) is 2.56. The van der Waals surface area contributed by atoms with Gasteiger partial charge in [0.15, 0.2) is 0 Å². The lowest BCUT2D eigenvalue weighted by Gasteiger charge is -2.05. The van der Waals surface area contributed by atoms with Gasteiger partial charge in [-0.05, 0) is 47.0 Å². The number of rotatable bonds is 5. The molecule has 0 saturated carbocycles. The molecule has 0 aliphatic carbocycles. The van der Waals surface area contributed by atoms with E-state index in [4.69, 9.17) is 11.6 Å². The summed E-state index contributed by atoms with van der Waals surface area (Å²) in [4.78, 5) is 22.7. The Morgan fingerprint density at radius 1 is 0.769 bits per heavy atom. The van der Waals surface area contributed by atoms with Crippen molar-refractivity contribution in [3.05, 3.63) is 95.0 Å². The van der Waals surface area contributed by atoms with E-state index in [1.165, 1.54) is 6.08 Å². The van der Waals surface area contributed by atoms with Crippen molar-refractivity contribution in [1.82, 2.24) is 0 Å². The van der Waals surface area contributed by atoms with Crippen molar-refractivity contribution in [2.75, 3.05) is 5.32 Å². The monoisotopic (exact) mass is 361 g/mol. The van der Waals surface area contributed by atoms with Gasteiger partial charge in [0.05, 0.1) is 0 Å². The Labute approximate surface area is 156 Å². The molecule has 0 radical (unpaired) electrons. The molecule has 3 aromatic rings. The largest absolute Gasteiger partial charge is 0.323 e. The van der Waals surface area contributed by atoms with Gasteiger partial charge in [0, 0.05) is 22.3 Å². The smallest absolute Gasteiger partial charge is 0.248 e. The van der Waals surface area contributed by atoms with Gasteiger partial charge in [-0.15, -0.1) is 0 Å². The molecule has 0 heterocycles.